The fourth-order valence-corrected chi connectivity index (χ4v) is 4.44. The van der Waals surface area contributed by atoms with Gasteiger partial charge in [-0.3, -0.25) is 4.99 Å². The molecule has 2 saturated heterocycles. The average Bonchev–Trinajstić information content (AvgIpc) is 3.21. The molecule has 3 rings (SSSR count). The van der Waals surface area contributed by atoms with Crippen molar-refractivity contribution in [3.05, 3.63) is 35.9 Å². The highest BCUT2D eigenvalue weighted by molar-refractivity contribution is 14.0. The minimum Gasteiger partial charge on any atom is -0.376 e. The number of benzene rings is 1. The number of hydrogen-bond donors (Lipinski definition) is 1. The van der Waals surface area contributed by atoms with Gasteiger partial charge in [-0.15, -0.1) is 24.0 Å². The zero-order valence-electron chi connectivity index (χ0n) is 19.1. The number of piperidine rings is 1. The molecule has 30 heavy (non-hydrogen) atoms. The molecule has 5 nitrogen and oxygen atoms in total. The van der Waals surface area contributed by atoms with Crippen LogP contribution in [0.4, 0.5) is 0 Å². The first-order valence-corrected chi connectivity index (χ1v) is 11.5. The summed E-state index contributed by atoms with van der Waals surface area (Å²) >= 11 is 0. The second-order valence-corrected chi connectivity index (χ2v) is 8.89. The Labute approximate surface area is 200 Å². The molecular formula is C24H41IN4O. The Kier molecular flexibility index (Phi) is 11.5. The second-order valence-electron chi connectivity index (χ2n) is 8.89. The summed E-state index contributed by atoms with van der Waals surface area (Å²) in [5.41, 5.74) is 1.25. The Morgan fingerprint density at radius 3 is 2.67 bits per heavy atom. The summed E-state index contributed by atoms with van der Waals surface area (Å²) in [5, 5.41) is 3.52. The van der Waals surface area contributed by atoms with E-state index in [-0.39, 0.29) is 24.0 Å². The van der Waals surface area contributed by atoms with Crippen LogP contribution in [0.2, 0.25) is 0 Å². The number of likely N-dealkylation sites (tertiary alicyclic amines) is 2. The number of ether oxygens (including phenoxy) is 1. The number of aliphatic imine (C=N–C) groups is 1. The molecule has 1 N–H and O–H groups in total. The van der Waals surface area contributed by atoms with E-state index in [4.69, 9.17) is 9.73 Å². The standard InChI is InChI=1S/C24H40N4O.HI/c1-4-25-24(26-15-22-11-8-13-27(16-22)20(2)3)28-14-12-23(17-28)19-29-18-21-9-6-5-7-10-21;/h5-7,9-10,20,22-23H,4,8,11-19H2,1-3H3,(H,25,26);1H. The Balaban J connectivity index is 0.00000320. The molecule has 1 aromatic carbocycles. The van der Waals surface area contributed by atoms with Gasteiger partial charge in [-0.2, -0.15) is 0 Å². The molecule has 0 bridgehead atoms. The Hall–Kier alpha value is -0.860. The predicted molar refractivity (Wildman–Crippen MR) is 137 cm³/mol. The van der Waals surface area contributed by atoms with Gasteiger partial charge in [0.05, 0.1) is 13.2 Å². The van der Waals surface area contributed by atoms with E-state index in [0.29, 0.717) is 24.5 Å². The Morgan fingerprint density at radius 1 is 1.13 bits per heavy atom. The third-order valence-corrected chi connectivity index (χ3v) is 6.17. The number of hydrogen-bond acceptors (Lipinski definition) is 3. The molecule has 0 aliphatic carbocycles. The zero-order valence-corrected chi connectivity index (χ0v) is 21.4. The summed E-state index contributed by atoms with van der Waals surface area (Å²) in [6.07, 6.45) is 3.80. The summed E-state index contributed by atoms with van der Waals surface area (Å²) in [7, 11) is 0. The molecule has 0 amide bonds. The molecule has 6 heteroatoms. The third-order valence-electron chi connectivity index (χ3n) is 6.17. The van der Waals surface area contributed by atoms with Gasteiger partial charge in [0, 0.05) is 44.7 Å². The minimum atomic E-state index is 0. The van der Waals surface area contributed by atoms with Gasteiger partial charge in [0.15, 0.2) is 5.96 Å². The van der Waals surface area contributed by atoms with E-state index in [2.05, 4.69) is 60.2 Å². The van der Waals surface area contributed by atoms with Crippen LogP contribution in [0.5, 0.6) is 0 Å². The molecule has 2 aliphatic rings. The Morgan fingerprint density at radius 2 is 1.93 bits per heavy atom. The lowest BCUT2D eigenvalue weighted by atomic mass is 9.97. The van der Waals surface area contributed by atoms with Crippen LogP contribution >= 0.6 is 24.0 Å². The lowest BCUT2D eigenvalue weighted by molar-refractivity contribution is 0.0906. The quantitative estimate of drug-likeness (QED) is 0.312. The SMILES string of the molecule is CCNC(=NCC1CCCN(C(C)C)C1)N1CCC(COCc2ccccc2)C1.I. The monoisotopic (exact) mass is 528 g/mol. The van der Waals surface area contributed by atoms with Crippen molar-refractivity contribution in [2.75, 3.05) is 45.9 Å². The average molecular weight is 529 g/mol. The maximum absolute atomic E-state index is 5.99. The van der Waals surface area contributed by atoms with Gasteiger partial charge in [0.2, 0.25) is 0 Å². The largest absolute Gasteiger partial charge is 0.376 e. The van der Waals surface area contributed by atoms with Gasteiger partial charge in [0.1, 0.15) is 0 Å². The van der Waals surface area contributed by atoms with Crippen molar-refractivity contribution in [2.45, 2.75) is 52.7 Å². The van der Waals surface area contributed by atoms with Gasteiger partial charge in [-0.1, -0.05) is 30.3 Å². The highest BCUT2D eigenvalue weighted by Gasteiger charge is 2.26. The summed E-state index contributed by atoms with van der Waals surface area (Å²) in [5.74, 6) is 2.38. The maximum atomic E-state index is 5.99. The summed E-state index contributed by atoms with van der Waals surface area (Å²) in [6.45, 7) is 14.7. The van der Waals surface area contributed by atoms with Gasteiger partial charge < -0.3 is 19.9 Å². The number of halogens is 1. The van der Waals surface area contributed by atoms with E-state index in [1.807, 2.05) is 6.07 Å². The Bertz CT molecular complexity index is 625. The highest BCUT2D eigenvalue weighted by Crippen LogP contribution is 2.20. The first-order valence-electron chi connectivity index (χ1n) is 11.5. The predicted octanol–water partition coefficient (Wildman–Crippen LogP) is 4.23. The fraction of sp³-hybridized carbons (Fsp3) is 0.708. The fourth-order valence-electron chi connectivity index (χ4n) is 4.44. The number of nitrogens with zero attached hydrogens (tertiary/aromatic N) is 3. The van der Waals surface area contributed by atoms with E-state index < -0.39 is 0 Å². The molecule has 2 aliphatic heterocycles. The second kappa shape index (κ2) is 13.5. The van der Waals surface area contributed by atoms with Crippen molar-refractivity contribution in [1.29, 1.82) is 0 Å². The number of nitrogens with one attached hydrogen (secondary N) is 1. The molecular weight excluding hydrogens is 487 g/mol. The molecule has 0 saturated carbocycles. The molecule has 2 heterocycles. The minimum absolute atomic E-state index is 0. The van der Waals surface area contributed by atoms with Crippen molar-refractivity contribution in [3.8, 4) is 0 Å². The van der Waals surface area contributed by atoms with Gasteiger partial charge in [-0.05, 0) is 58.1 Å². The van der Waals surface area contributed by atoms with Crippen molar-refractivity contribution in [1.82, 2.24) is 15.1 Å². The van der Waals surface area contributed by atoms with Crippen LogP contribution in [0.25, 0.3) is 0 Å². The smallest absolute Gasteiger partial charge is 0.193 e. The lowest BCUT2D eigenvalue weighted by Crippen LogP contribution is -2.43. The van der Waals surface area contributed by atoms with E-state index >= 15 is 0 Å². The summed E-state index contributed by atoms with van der Waals surface area (Å²) in [6, 6.07) is 11.1. The van der Waals surface area contributed by atoms with Crippen LogP contribution in [-0.4, -0.2) is 67.7 Å². The van der Waals surface area contributed by atoms with Crippen molar-refractivity contribution < 1.29 is 4.74 Å². The first kappa shape index (κ1) is 25.4. The van der Waals surface area contributed by atoms with Crippen LogP contribution in [-0.2, 0) is 11.3 Å². The molecule has 2 unspecified atom stereocenters. The van der Waals surface area contributed by atoms with Crippen molar-refractivity contribution in [2.24, 2.45) is 16.8 Å². The van der Waals surface area contributed by atoms with E-state index in [9.17, 15) is 0 Å². The van der Waals surface area contributed by atoms with Gasteiger partial charge in [-0.25, -0.2) is 0 Å². The molecule has 1 aromatic rings. The van der Waals surface area contributed by atoms with E-state index in [0.717, 1.165) is 38.7 Å². The summed E-state index contributed by atoms with van der Waals surface area (Å²) < 4.78 is 5.99. The number of rotatable bonds is 8. The van der Waals surface area contributed by atoms with Crippen molar-refractivity contribution >= 4 is 29.9 Å². The van der Waals surface area contributed by atoms with E-state index in [1.165, 1.54) is 37.9 Å². The highest BCUT2D eigenvalue weighted by atomic mass is 127. The molecule has 0 radical (unpaired) electrons. The van der Waals surface area contributed by atoms with Crippen LogP contribution in [0.1, 0.15) is 45.6 Å². The van der Waals surface area contributed by atoms with Crippen molar-refractivity contribution in [3.63, 3.8) is 0 Å². The van der Waals surface area contributed by atoms with E-state index in [1.54, 1.807) is 0 Å². The molecule has 170 valence electrons. The topological polar surface area (TPSA) is 40.1 Å². The molecule has 2 atom stereocenters. The number of guanidine groups is 1. The maximum Gasteiger partial charge on any atom is 0.193 e. The molecule has 2 fully saturated rings. The third kappa shape index (κ3) is 8.00. The van der Waals surface area contributed by atoms with Gasteiger partial charge >= 0.3 is 0 Å². The normalized spacial score (nSPS) is 22.9. The molecule has 0 spiro atoms. The van der Waals surface area contributed by atoms with Crippen LogP contribution < -0.4 is 5.32 Å². The van der Waals surface area contributed by atoms with Crippen LogP contribution in [0.3, 0.4) is 0 Å². The zero-order chi connectivity index (χ0) is 20.5. The first-order chi connectivity index (χ1) is 14.2. The van der Waals surface area contributed by atoms with Gasteiger partial charge in [0.25, 0.3) is 0 Å². The lowest BCUT2D eigenvalue weighted by Gasteiger charge is -2.35. The summed E-state index contributed by atoms with van der Waals surface area (Å²) in [4.78, 5) is 10.1. The van der Waals surface area contributed by atoms with Crippen LogP contribution in [0, 0.1) is 11.8 Å². The molecule has 0 aromatic heterocycles. The van der Waals surface area contributed by atoms with Crippen LogP contribution in [0.15, 0.2) is 35.3 Å².